The monoisotopic (exact) mass is 1120 g/mol. The molecule has 0 fully saturated rings. The van der Waals surface area contributed by atoms with Crippen molar-refractivity contribution >= 4 is 107 Å². The van der Waals surface area contributed by atoms with E-state index in [0.29, 0.717) is 11.1 Å². The number of azo groups is 3. The molecule has 0 bridgehead atoms. The SMILES string of the molecule is COc1cc(S(=O)(=O)O)c(C)cc1/N=N/c1cc(OCCO)c(/N=N/c2c(S(=O)(=O)O)cc3c(S(=O)(=O)O)c(/N=N/C4C(=O)N(c5ccc(S(=O)(=O)O)cc5)N=C4CS(=O)(=O)O)ccc3c2O)cc1OCCO. The van der Waals surface area contributed by atoms with Crippen LogP contribution >= 0.6 is 0 Å². The molecule has 6 rings (SSSR count). The Morgan fingerprint density at radius 3 is 1.66 bits per heavy atom. The summed E-state index contributed by atoms with van der Waals surface area (Å²) < 4.78 is 188. The van der Waals surface area contributed by atoms with E-state index in [1.54, 1.807) is 0 Å². The summed E-state index contributed by atoms with van der Waals surface area (Å²) in [4.78, 5) is 9.77. The van der Waals surface area contributed by atoms with Gasteiger partial charge in [0.25, 0.3) is 56.5 Å². The van der Waals surface area contributed by atoms with Crippen LogP contribution in [0.15, 0.2) is 122 Å². The molecule has 1 aliphatic heterocycles. The normalized spacial score (nSPS) is 15.0. The van der Waals surface area contributed by atoms with E-state index in [0.717, 1.165) is 54.6 Å². The van der Waals surface area contributed by atoms with Gasteiger partial charge in [0.1, 0.15) is 79.3 Å². The first-order valence-electron chi connectivity index (χ1n) is 19.7. The van der Waals surface area contributed by atoms with Crippen LogP contribution in [0.4, 0.5) is 34.1 Å². The highest BCUT2D eigenvalue weighted by molar-refractivity contribution is 7.87. The number of benzene rings is 5. The fourth-order valence-electron chi connectivity index (χ4n) is 6.61. The number of amides is 1. The second kappa shape index (κ2) is 21.2. The molecule has 0 saturated heterocycles. The molecule has 1 atom stereocenters. The van der Waals surface area contributed by atoms with Gasteiger partial charge in [-0.05, 0) is 61.0 Å². The predicted molar refractivity (Wildman–Crippen MR) is 249 cm³/mol. The van der Waals surface area contributed by atoms with Crippen molar-refractivity contribution in [2.45, 2.75) is 32.5 Å². The average molecular weight is 1120 g/mol. The smallest absolute Gasteiger partial charge is 0.297 e. The summed E-state index contributed by atoms with van der Waals surface area (Å²) in [5, 5.41) is 56.7. The molecule has 1 amide bonds. The maximum atomic E-state index is 13.5. The summed E-state index contributed by atoms with van der Waals surface area (Å²) in [6, 6.07) is 8.04. The second-order valence-electron chi connectivity index (χ2n) is 14.7. The first-order chi connectivity index (χ1) is 34.0. The highest BCUT2D eigenvalue weighted by atomic mass is 32.2. The van der Waals surface area contributed by atoms with E-state index in [-0.39, 0.29) is 52.2 Å². The van der Waals surface area contributed by atoms with Crippen LogP contribution in [-0.2, 0) is 55.4 Å². The standard InChI is InChI=1S/C38H36N8O22S5/c1-19-13-25(29(66-2)17-32(19)71(57,58)59)40-41-26-15-31(68-12-10-48)27(16-30(26)67-11-9-47)42-44-35-33(72(60,61)62)14-23-22(36(35)49)7-8-24(37(23)73(63,64)65)39-43-34-28(18-69(51,52)53)45-46(38(34)50)20-3-5-21(6-4-20)70(54,55)56/h3-8,13-17,34,47-49H,9-12,18H2,1-2H3,(H,51,52,53)(H,54,55,56)(H,57,58,59)(H,60,61,62)(H,63,64,65)/b41-40+,43-39+,44-42+. The molecule has 1 heterocycles. The molecule has 0 aromatic heterocycles. The molecule has 8 N–H and O–H groups in total. The number of aryl methyl sites for hydroxylation is 1. The predicted octanol–water partition coefficient (Wildman–Crippen LogP) is 4.17. The lowest BCUT2D eigenvalue weighted by atomic mass is 10.1. The van der Waals surface area contributed by atoms with Crippen molar-refractivity contribution in [3.05, 3.63) is 72.3 Å². The Morgan fingerprint density at radius 1 is 0.616 bits per heavy atom. The number of aliphatic hydroxyl groups is 2. The van der Waals surface area contributed by atoms with Crippen LogP contribution in [0, 0.1) is 6.92 Å². The Morgan fingerprint density at radius 2 is 1.16 bits per heavy atom. The van der Waals surface area contributed by atoms with Gasteiger partial charge >= 0.3 is 0 Å². The van der Waals surface area contributed by atoms with Crippen molar-refractivity contribution in [2.75, 3.05) is 44.3 Å². The fraction of sp³-hybridized carbons (Fsp3) is 0.211. The van der Waals surface area contributed by atoms with Crippen molar-refractivity contribution in [3.8, 4) is 23.0 Å². The summed E-state index contributed by atoms with van der Waals surface area (Å²) in [6.45, 7) is -0.611. The third-order valence-electron chi connectivity index (χ3n) is 9.69. The van der Waals surface area contributed by atoms with Gasteiger partial charge in [0.05, 0.1) is 36.6 Å². The van der Waals surface area contributed by atoms with Gasteiger partial charge in [-0.1, -0.05) is 0 Å². The number of phenols is 1. The molecular weight excluding hydrogens is 1080 g/mol. The molecule has 5 aromatic carbocycles. The third kappa shape index (κ3) is 12.8. The van der Waals surface area contributed by atoms with Crippen molar-refractivity contribution in [2.24, 2.45) is 35.8 Å². The molecule has 73 heavy (non-hydrogen) atoms. The largest absolute Gasteiger partial charge is 0.505 e. The van der Waals surface area contributed by atoms with Gasteiger partial charge in [0.15, 0.2) is 11.8 Å². The molecule has 390 valence electrons. The molecule has 0 radical (unpaired) electrons. The van der Waals surface area contributed by atoms with Gasteiger partial charge < -0.3 is 29.5 Å². The Balaban J connectivity index is 1.46. The number of hydrogen-bond acceptors (Lipinski definition) is 24. The van der Waals surface area contributed by atoms with Gasteiger partial charge in [-0.25, -0.2) is 0 Å². The number of phenolic OH excluding ortho intramolecular Hbond substituents is 1. The number of anilines is 1. The molecule has 1 aliphatic rings. The number of hydrazone groups is 1. The van der Waals surface area contributed by atoms with Crippen LogP contribution in [-0.4, -0.2) is 137 Å². The van der Waals surface area contributed by atoms with E-state index < -0.39 is 141 Å². The van der Waals surface area contributed by atoms with E-state index in [1.807, 2.05) is 0 Å². The highest BCUT2D eigenvalue weighted by Crippen LogP contribution is 2.47. The molecule has 35 heteroatoms. The Labute approximate surface area is 412 Å². The van der Waals surface area contributed by atoms with E-state index in [9.17, 15) is 85.0 Å². The summed E-state index contributed by atoms with van der Waals surface area (Å²) in [6.07, 6.45) is 0. The summed E-state index contributed by atoms with van der Waals surface area (Å²) >= 11 is 0. The summed E-state index contributed by atoms with van der Waals surface area (Å²) in [5.41, 5.74) is -3.48. The number of carbonyl (C=O) groups is 1. The number of ether oxygens (including phenoxy) is 3. The average Bonchev–Trinajstić information content (AvgIpc) is 3.59. The van der Waals surface area contributed by atoms with Crippen molar-refractivity contribution in [1.29, 1.82) is 0 Å². The van der Waals surface area contributed by atoms with Crippen molar-refractivity contribution in [1.82, 2.24) is 0 Å². The fourth-order valence-corrected chi connectivity index (χ4v) is 9.87. The Bertz CT molecular complexity index is 3760. The van der Waals surface area contributed by atoms with Gasteiger partial charge in [0, 0.05) is 29.0 Å². The lowest BCUT2D eigenvalue weighted by Gasteiger charge is -2.14. The number of hydrogen-bond donors (Lipinski definition) is 8. The van der Waals surface area contributed by atoms with Gasteiger partial charge in [-0.15, -0.1) is 20.5 Å². The van der Waals surface area contributed by atoms with Crippen LogP contribution in [0.1, 0.15) is 5.56 Å². The first-order valence-corrected chi connectivity index (χ1v) is 27.1. The van der Waals surface area contributed by atoms with Crippen LogP contribution in [0.25, 0.3) is 10.8 Å². The van der Waals surface area contributed by atoms with Crippen LogP contribution in [0.3, 0.4) is 0 Å². The Kier molecular flexibility index (Phi) is 16.1. The molecule has 0 saturated carbocycles. The number of nitrogens with zero attached hydrogens (tertiary/aromatic N) is 8. The van der Waals surface area contributed by atoms with Gasteiger partial charge in [-0.3, -0.25) is 27.6 Å². The van der Waals surface area contributed by atoms with Crippen LogP contribution in [0.2, 0.25) is 0 Å². The third-order valence-corrected chi connectivity index (χ3v) is 14.0. The lowest BCUT2D eigenvalue weighted by molar-refractivity contribution is -0.117. The maximum absolute atomic E-state index is 13.5. The number of methoxy groups -OCH3 is 1. The molecule has 5 aromatic rings. The van der Waals surface area contributed by atoms with Crippen LogP contribution < -0.4 is 19.2 Å². The number of aliphatic hydroxyl groups excluding tert-OH is 2. The topological polar surface area (TPSA) is 467 Å². The molecular formula is C38H36N8O22S5. The Hall–Kier alpha value is -7.03. The molecule has 1 unspecified atom stereocenters. The lowest BCUT2D eigenvalue weighted by Crippen LogP contribution is -2.32. The van der Waals surface area contributed by atoms with E-state index in [1.165, 1.54) is 20.1 Å². The van der Waals surface area contributed by atoms with Gasteiger partial charge in [-0.2, -0.15) is 62.4 Å². The maximum Gasteiger partial charge on any atom is 0.297 e. The van der Waals surface area contributed by atoms with Crippen molar-refractivity contribution in [3.63, 3.8) is 0 Å². The zero-order valence-corrected chi connectivity index (χ0v) is 41.0. The van der Waals surface area contributed by atoms with Crippen LogP contribution in [0.5, 0.6) is 23.0 Å². The zero-order valence-electron chi connectivity index (χ0n) is 36.9. The number of rotatable bonds is 20. The summed E-state index contributed by atoms with van der Waals surface area (Å²) in [5.74, 6) is -4.47. The number of fused-ring (bicyclic) bond motifs is 1. The zero-order chi connectivity index (χ0) is 54.0. The molecule has 0 aliphatic carbocycles. The van der Waals surface area contributed by atoms with E-state index in [4.69, 9.17) is 14.2 Å². The van der Waals surface area contributed by atoms with Crippen molar-refractivity contribution < 1.29 is 99.2 Å². The number of aromatic hydroxyl groups is 1. The molecule has 0 spiro atoms. The van der Waals surface area contributed by atoms with E-state index in [2.05, 4.69) is 35.8 Å². The first kappa shape index (κ1) is 55.3. The van der Waals surface area contributed by atoms with E-state index >= 15 is 0 Å². The number of carbonyl (C=O) groups excluding carboxylic acids is 1. The minimum absolute atomic E-state index is 0.0436. The second-order valence-corrected chi connectivity index (χ2v) is 21.7. The summed E-state index contributed by atoms with van der Waals surface area (Å²) in [7, 11) is -24.3. The molecule has 30 nitrogen and oxygen atoms in total. The highest BCUT2D eigenvalue weighted by Gasteiger charge is 2.39. The minimum Gasteiger partial charge on any atom is -0.505 e. The quantitative estimate of drug-likeness (QED) is 0.0400. The minimum atomic E-state index is -5.60. The van der Waals surface area contributed by atoms with Gasteiger partial charge in [0.2, 0.25) is 0 Å².